The van der Waals surface area contributed by atoms with Crippen LogP contribution in [0.15, 0.2) is 28.9 Å². The predicted molar refractivity (Wildman–Crippen MR) is 92.2 cm³/mol. The molecule has 0 saturated heterocycles. The van der Waals surface area contributed by atoms with Crippen molar-refractivity contribution in [3.8, 4) is 0 Å². The van der Waals surface area contributed by atoms with Crippen molar-refractivity contribution in [3.63, 3.8) is 0 Å². The summed E-state index contributed by atoms with van der Waals surface area (Å²) in [5.41, 5.74) is 2.56. The maximum Gasteiger partial charge on any atom is 0.294 e. The summed E-state index contributed by atoms with van der Waals surface area (Å²) in [4.78, 5) is 18.7. The minimum absolute atomic E-state index is 0.273. The Balaban J connectivity index is 1.78. The predicted octanol–water partition coefficient (Wildman–Crippen LogP) is 2.46. The Labute approximate surface area is 140 Å². The molecule has 1 N–H and O–H groups in total. The van der Waals surface area contributed by atoms with Gasteiger partial charge in [-0.3, -0.25) is 10.1 Å². The third-order valence-corrected chi connectivity index (χ3v) is 3.90. The van der Waals surface area contributed by atoms with Crippen LogP contribution >= 0.6 is 0 Å². The van der Waals surface area contributed by atoms with Gasteiger partial charge in [0.2, 0.25) is 5.95 Å². The molecule has 0 aliphatic rings. The lowest BCUT2D eigenvalue weighted by atomic mass is 10.1. The second-order valence-corrected chi connectivity index (χ2v) is 6.10. The zero-order valence-electron chi connectivity index (χ0n) is 14.3. The molecule has 1 aromatic carbocycles. The zero-order valence-corrected chi connectivity index (χ0v) is 14.3. The van der Waals surface area contributed by atoms with E-state index in [1.54, 1.807) is 11.0 Å². The number of amides is 1. The number of rotatable bonds is 5. The number of furan rings is 1. The van der Waals surface area contributed by atoms with E-state index in [2.05, 4.69) is 20.3 Å². The molecule has 0 spiro atoms. The molecule has 2 heterocycles. The van der Waals surface area contributed by atoms with E-state index in [9.17, 15) is 4.79 Å². The molecule has 0 aliphatic carbocycles. The molecule has 3 aromatic rings. The Morgan fingerprint density at radius 2 is 2.12 bits per heavy atom. The van der Waals surface area contributed by atoms with E-state index in [4.69, 9.17) is 4.42 Å². The van der Waals surface area contributed by atoms with Gasteiger partial charge in [0, 0.05) is 17.5 Å². The molecule has 2 aromatic heterocycles. The molecule has 0 bridgehead atoms. The second kappa shape index (κ2) is 6.45. The number of carbonyl (C=O) groups is 1. The van der Waals surface area contributed by atoms with Gasteiger partial charge in [0.15, 0.2) is 5.76 Å². The third-order valence-electron chi connectivity index (χ3n) is 3.90. The Morgan fingerprint density at radius 3 is 2.83 bits per heavy atom. The molecule has 7 nitrogen and oxygen atoms in total. The van der Waals surface area contributed by atoms with E-state index in [1.807, 2.05) is 46.1 Å². The summed E-state index contributed by atoms with van der Waals surface area (Å²) in [5, 5.41) is 7.90. The normalized spacial score (nSPS) is 11.4. The van der Waals surface area contributed by atoms with Gasteiger partial charge in [-0.25, -0.2) is 9.67 Å². The number of benzene rings is 1. The number of aromatic nitrogens is 3. The van der Waals surface area contributed by atoms with Crippen LogP contribution in [-0.4, -0.2) is 46.2 Å². The van der Waals surface area contributed by atoms with Crippen LogP contribution in [0.4, 0.5) is 5.95 Å². The van der Waals surface area contributed by atoms with Crippen molar-refractivity contribution in [1.29, 1.82) is 0 Å². The first-order chi connectivity index (χ1) is 11.5. The van der Waals surface area contributed by atoms with Gasteiger partial charge >= 0.3 is 0 Å². The van der Waals surface area contributed by atoms with Crippen LogP contribution in [-0.2, 0) is 6.54 Å². The van der Waals surface area contributed by atoms with Crippen LogP contribution in [0.3, 0.4) is 0 Å². The second-order valence-electron chi connectivity index (χ2n) is 6.10. The number of nitrogens with zero attached hydrogens (tertiary/aromatic N) is 4. The summed E-state index contributed by atoms with van der Waals surface area (Å²) in [6.45, 7) is 5.39. The molecular weight excluding hydrogens is 306 g/mol. The number of para-hydroxylation sites is 1. The Hall–Kier alpha value is -2.67. The van der Waals surface area contributed by atoms with Crippen LogP contribution in [0.2, 0.25) is 0 Å². The van der Waals surface area contributed by atoms with Crippen molar-refractivity contribution in [1.82, 2.24) is 19.7 Å². The first-order valence-corrected chi connectivity index (χ1v) is 7.80. The minimum Gasteiger partial charge on any atom is -0.450 e. The van der Waals surface area contributed by atoms with Gasteiger partial charge in [0.1, 0.15) is 11.9 Å². The molecule has 3 rings (SSSR count). The van der Waals surface area contributed by atoms with E-state index in [0.717, 1.165) is 28.6 Å². The quantitative estimate of drug-likeness (QED) is 0.779. The van der Waals surface area contributed by atoms with Crippen molar-refractivity contribution in [2.45, 2.75) is 20.4 Å². The zero-order chi connectivity index (χ0) is 17.3. The lowest BCUT2D eigenvalue weighted by molar-refractivity contribution is 0.0997. The summed E-state index contributed by atoms with van der Waals surface area (Å²) in [6.07, 6.45) is 1.61. The number of hydrogen-bond donors (Lipinski definition) is 1. The van der Waals surface area contributed by atoms with Crippen molar-refractivity contribution in [2.24, 2.45) is 0 Å². The van der Waals surface area contributed by atoms with E-state index < -0.39 is 0 Å². The number of carbonyl (C=O) groups excluding carboxylic acids is 1. The highest BCUT2D eigenvalue weighted by Crippen LogP contribution is 2.27. The molecule has 0 aliphatic heterocycles. The van der Waals surface area contributed by atoms with E-state index in [1.165, 1.54) is 0 Å². The third kappa shape index (κ3) is 3.16. The van der Waals surface area contributed by atoms with Gasteiger partial charge in [-0.05, 0) is 33.5 Å². The minimum atomic E-state index is -0.339. The number of hydrogen-bond acceptors (Lipinski definition) is 5. The van der Waals surface area contributed by atoms with Gasteiger partial charge in [-0.1, -0.05) is 18.2 Å². The number of aryl methyl sites for hydroxylation is 2. The SMILES string of the molecule is Cc1c(C(=O)Nc2ncn(CCN(C)C)n2)oc2c(C)cccc12. The monoisotopic (exact) mass is 327 g/mol. The first kappa shape index (κ1) is 16.2. The molecule has 0 fully saturated rings. The van der Waals surface area contributed by atoms with Crippen molar-refractivity contribution < 1.29 is 9.21 Å². The average Bonchev–Trinajstić information content (AvgIpc) is 3.11. The van der Waals surface area contributed by atoms with Crippen LogP contribution < -0.4 is 5.32 Å². The van der Waals surface area contributed by atoms with Crippen LogP contribution in [0.1, 0.15) is 21.7 Å². The van der Waals surface area contributed by atoms with Crippen LogP contribution in [0.5, 0.6) is 0 Å². The molecule has 0 radical (unpaired) electrons. The van der Waals surface area contributed by atoms with Gasteiger partial charge in [-0.15, -0.1) is 5.10 Å². The molecule has 7 heteroatoms. The summed E-state index contributed by atoms with van der Waals surface area (Å²) >= 11 is 0. The smallest absolute Gasteiger partial charge is 0.294 e. The van der Waals surface area contributed by atoms with Crippen LogP contribution in [0, 0.1) is 13.8 Å². The maximum atomic E-state index is 12.5. The molecule has 0 unspecified atom stereocenters. The summed E-state index contributed by atoms with van der Waals surface area (Å²) in [6, 6.07) is 5.86. The molecule has 24 heavy (non-hydrogen) atoms. The first-order valence-electron chi connectivity index (χ1n) is 7.80. The molecule has 0 saturated carbocycles. The lowest BCUT2D eigenvalue weighted by Gasteiger charge is -2.07. The molecular formula is C17H21N5O2. The lowest BCUT2D eigenvalue weighted by Crippen LogP contribution is -2.19. The molecule has 126 valence electrons. The fraction of sp³-hybridized carbons (Fsp3) is 0.353. The highest BCUT2D eigenvalue weighted by molar-refractivity contribution is 6.05. The van der Waals surface area contributed by atoms with E-state index in [-0.39, 0.29) is 11.9 Å². The Bertz CT molecular complexity index is 878. The standard InChI is InChI=1S/C17H21N5O2/c1-11-6-5-7-13-12(2)15(24-14(11)13)16(23)19-17-18-10-22(20-17)9-8-21(3)4/h5-7,10H,8-9H2,1-4H3,(H,19,20,23). The van der Waals surface area contributed by atoms with Gasteiger partial charge in [0.25, 0.3) is 5.91 Å². The van der Waals surface area contributed by atoms with E-state index in [0.29, 0.717) is 12.3 Å². The number of likely N-dealkylation sites (N-methyl/N-ethyl adjacent to an activating group) is 1. The van der Waals surface area contributed by atoms with Gasteiger partial charge in [-0.2, -0.15) is 0 Å². The number of nitrogens with one attached hydrogen (secondary N) is 1. The molecule has 0 atom stereocenters. The van der Waals surface area contributed by atoms with Crippen molar-refractivity contribution >= 4 is 22.8 Å². The fourth-order valence-corrected chi connectivity index (χ4v) is 2.52. The number of anilines is 1. The van der Waals surface area contributed by atoms with Crippen molar-refractivity contribution in [2.75, 3.05) is 26.0 Å². The average molecular weight is 327 g/mol. The largest absolute Gasteiger partial charge is 0.450 e. The topological polar surface area (TPSA) is 76.2 Å². The van der Waals surface area contributed by atoms with E-state index >= 15 is 0 Å². The Morgan fingerprint density at radius 1 is 1.33 bits per heavy atom. The fourth-order valence-electron chi connectivity index (χ4n) is 2.52. The van der Waals surface area contributed by atoms with Gasteiger partial charge < -0.3 is 9.32 Å². The molecule has 1 amide bonds. The summed E-state index contributed by atoms with van der Waals surface area (Å²) in [5.74, 6) is 0.229. The highest BCUT2D eigenvalue weighted by Gasteiger charge is 2.19. The highest BCUT2D eigenvalue weighted by atomic mass is 16.3. The number of fused-ring (bicyclic) bond motifs is 1. The van der Waals surface area contributed by atoms with Crippen LogP contribution in [0.25, 0.3) is 11.0 Å². The maximum absolute atomic E-state index is 12.5. The summed E-state index contributed by atoms with van der Waals surface area (Å²) < 4.78 is 7.47. The summed E-state index contributed by atoms with van der Waals surface area (Å²) in [7, 11) is 3.98. The van der Waals surface area contributed by atoms with Gasteiger partial charge in [0.05, 0.1) is 6.54 Å². The van der Waals surface area contributed by atoms with Crippen molar-refractivity contribution in [3.05, 3.63) is 41.4 Å². The Kier molecular flexibility index (Phi) is 4.35.